The molecule has 1 atom stereocenters. The van der Waals surface area contributed by atoms with Gasteiger partial charge >= 0.3 is 0 Å². The van der Waals surface area contributed by atoms with Gasteiger partial charge in [0.05, 0.1) is 0 Å². The summed E-state index contributed by atoms with van der Waals surface area (Å²) in [6.45, 7) is 7.47. The molecule has 2 nitrogen and oxygen atoms in total. The number of ether oxygens (including phenoxy) is 1. The first kappa shape index (κ1) is 14.6. The summed E-state index contributed by atoms with van der Waals surface area (Å²) in [5.74, 6) is 1.79. The number of nitrogens with one attached hydrogen (secondary N) is 1. The minimum atomic E-state index is 0.377. The molecule has 2 aromatic rings. The molecule has 0 aliphatic carbocycles. The minimum Gasteiger partial charge on any atom is -0.457 e. The van der Waals surface area contributed by atoms with Crippen molar-refractivity contribution in [2.45, 2.75) is 33.2 Å². The first-order valence-corrected chi connectivity index (χ1v) is 7.27. The maximum atomic E-state index is 5.90. The Hall–Kier alpha value is -1.80. The SMILES string of the molecule is CCCNC(C)c1ccc(Oc2ccccc2C)cc1. The molecule has 0 amide bonds. The summed E-state index contributed by atoms with van der Waals surface area (Å²) in [5.41, 5.74) is 2.44. The lowest BCUT2D eigenvalue weighted by atomic mass is 10.1. The highest BCUT2D eigenvalue weighted by Gasteiger charge is 2.05. The average molecular weight is 269 g/mol. The average Bonchev–Trinajstić information content (AvgIpc) is 2.48. The van der Waals surface area contributed by atoms with Crippen LogP contribution >= 0.6 is 0 Å². The van der Waals surface area contributed by atoms with Gasteiger partial charge in [0.2, 0.25) is 0 Å². The lowest BCUT2D eigenvalue weighted by Gasteiger charge is -2.14. The Bertz CT molecular complexity index is 533. The molecule has 2 aromatic carbocycles. The predicted octanol–water partition coefficient (Wildman–Crippen LogP) is 4.85. The molecule has 0 aliphatic heterocycles. The van der Waals surface area contributed by atoms with E-state index in [1.807, 2.05) is 30.3 Å². The fourth-order valence-corrected chi connectivity index (χ4v) is 2.10. The van der Waals surface area contributed by atoms with E-state index in [-0.39, 0.29) is 0 Å². The zero-order valence-electron chi connectivity index (χ0n) is 12.5. The molecule has 0 radical (unpaired) electrons. The second-order valence-corrected chi connectivity index (χ2v) is 5.11. The number of hydrogen-bond donors (Lipinski definition) is 1. The third kappa shape index (κ3) is 3.84. The standard InChI is InChI=1S/C18H23NO/c1-4-13-19-15(3)16-9-11-17(12-10-16)20-18-8-6-5-7-14(18)2/h5-12,15,19H,4,13H2,1-3H3. The molecule has 0 aliphatic rings. The quantitative estimate of drug-likeness (QED) is 0.809. The summed E-state index contributed by atoms with van der Waals surface area (Å²) in [5, 5.41) is 3.49. The van der Waals surface area contributed by atoms with Crippen molar-refractivity contribution in [3.8, 4) is 11.5 Å². The maximum Gasteiger partial charge on any atom is 0.130 e. The molecule has 1 unspecified atom stereocenters. The maximum absolute atomic E-state index is 5.90. The normalized spacial score (nSPS) is 12.2. The van der Waals surface area contributed by atoms with E-state index < -0.39 is 0 Å². The lowest BCUT2D eigenvalue weighted by Crippen LogP contribution is -2.19. The van der Waals surface area contributed by atoms with Gasteiger partial charge in [-0.3, -0.25) is 0 Å². The van der Waals surface area contributed by atoms with Crippen LogP contribution in [0, 0.1) is 6.92 Å². The zero-order valence-corrected chi connectivity index (χ0v) is 12.5. The lowest BCUT2D eigenvalue weighted by molar-refractivity contribution is 0.478. The van der Waals surface area contributed by atoms with Crippen LogP contribution in [-0.2, 0) is 0 Å². The van der Waals surface area contributed by atoms with Gasteiger partial charge in [0, 0.05) is 6.04 Å². The Morgan fingerprint density at radius 1 is 1.05 bits per heavy atom. The smallest absolute Gasteiger partial charge is 0.130 e. The number of rotatable bonds is 6. The molecule has 106 valence electrons. The Morgan fingerprint density at radius 2 is 1.75 bits per heavy atom. The highest BCUT2D eigenvalue weighted by molar-refractivity contribution is 5.38. The molecule has 0 saturated heterocycles. The van der Waals surface area contributed by atoms with Crippen LogP contribution in [-0.4, -0.2) is 6.54 Å². The van der Waals surface area contributed by atoms with Crippen LogP contribution in [0.3, 0.4) is 0 Å². The van der Waals surface area contributed by atoms with Gasteiger partial charge in [-0.15, -0.1) is 0 Å². The number of hydrogen-bond acceptors (Lipinski definition) is 2. The molecule has 0 heterocycles. The Kier molecular flexibility index (Phi) is 5.19. The molecular weight excluding hydrogens is 246 g/mol. The summed E-state index contributed by atoms with van der Waals surface area (Å²) in [6.07, 6.45) is 1.15. The minimum absolute atomic E-state index is 0.377. The van der Waals surface area contributed by atoms with Crippen LogP contribution in [0.1, 0.15) is 37.4 Å². The summed E-state index contributed by atoms with van der Waals surface area (Å²) < 4.78 is 5.90. The van der Waals surface area contributed by atoms with Gasteiger partial charge in [-0.05, 0) is 56.1 Å². The second kappa shape index (κ2) is 7.11. The van der Waals surface area contributed by atoms with Gasteiger partial charge < -0.3 is 10.1 Å². The van der Waals surface area contributed by atoms with Gasteiger partial charge in [0.25, 0.3) is 0 Å². The molecule has 0 aromatic heterocycles. The van der Waals surface area contributed by atoms with E-state index in [4.69, 9.17) is 4.74 Å². The number of benzene rings is 2. The van der Waals surface area contributed by atoms with Gasteiger partial charge in [0.15, 0.2) is 0 Å². The van der Waals surface area contributed by atoms with Crippen LogP contribution in [0.15, 0.2) is 48.5 Å². The van der Waals surface area contributed by atoms with E-state index >= 15 is 0 Å². The summed E-state index contributed by atoms with van der Waals surface area (Å²) in [6, 6.07) is 16.8. The van der Waals surface area contributed by atoms with E-state index in [9.17, 15) is 0 Å². The highest BCUT2D eigenvalue weighted by Crippen LogP contribution is 2.25. The van der Waals surface area contributed by atoms with Crippen LogP contribution in [0.5, 0.6) is 11.5 Å². The second-order valence-electron chi connectivity index (χ2n) is 5.11. The van der Waals surface area contributed by atoms with Crippen LogP contribution in [0.4, 0.5) is 0 Å². The van der Waals surface area contributed by atoms with Crippen molar-refractivity contribution in [2.75, 3.05) is 6.54 Å². The van der Waals surface area contributed by atoms with Crippen LogP contribution in [0.25, 0.3) is 0 Å². The fourth-order valence-electron chi connectivity index (χ4n) is 2.10. The van der Waals surface area contributed by atoms with Crippen molar-refractivity contribution in [3.63, 3.8) is 0 Å². The highest BCUT2D eigenvalue weighted by atomic mass is 16.5. The van der Waals surface area contributed by atoms with E-state index in [0.717, 1.165) is 30.0 Å². The number of para-hydroxylation sites is 1. The van der Waals surface area contributed by atoms with E-state index in [1.165, 1.54) is 5.56 Å². The number of aryl methyl sites for hydroxylation is 1. The molecule has 2 heteroatoms. The first-order valence-electron chi connectivity index (χ1n) is 7.27. The van der Waals surface area contributed by atoms with Crippen molar-refractivity contribution in [3.05, 3.63) is 59.7 Å². The zero-order chi connectivity index (χ0) is 14.4. The molecule has 0 bridgehead atoms. The van der Waals surface area contributed by atoms with E-state index in [2.05, 4.69) is 44.3 Å². The van der Waals surface area contributed by atoms with Crippen molar-refractivity contribution < 1.29 is 4.74 Å². The summed E-state index contributed by atoms with van der Waals surface area (Å²) in [7, 11) is 0. The molecule has 0 spiro atoms. The third-order valence-electron chi connectivity index (χ3n) is 3.40. The Morgan fingerprint density at radius 3 is 2.40 bits per heavy atom. The molecule has 0 saturated carbocycles. The van der Waals surface area contributed by atoms with Crippen molar-refractivity contribution in [1.82, 2.24) is 5.32 Å². The third-order valence-corrected chi connectivity index (χ3v) is 3.40. The Labute approximate surface area is 121 Å². The first-order chi connectivity index (χ1) is 9.70. The van der Waals surface area contributed by atoms with Crippen molar-refractivity contribution in [2.24, 2.45) is 0 Å². The van der Waals surface area contributed by atoms with Crippen molar-refractivity contribution >= 4 is 0 Å². The largest absolute Gasteiger partial charge is 0.457 e. The monoisotopic (exact) mass is 269 g/mol. The molecule has 20 heavy (non-hydrogen) atoms. The fraction of sp³-hybridized carbons (Fsp3) is 0.333. The van der Waals surface area contributed by atoms with Crippen LogP contribution < -0.4 is 10.1 Å². The van der Waals surface area contributed by atoms with Gasteiger partial charge in [0.1, 0.15) is 11.5 Å². The van der Waals surface area contributed by atoms with Gasteiger partial charge in [-0.1, -0.05) is 37.3 Å². The Balaban J connectivity index is 2.03. The predicted molar refractivity (Wildman–Crippen MR) is 84.4 cm³/mol. The van der Waals surface area contributed by atoms with Crippen LogP contribution in [0.2, 0.25) is 0 Å². The topological polar surface area (TPSA) is 21.3 Å². The van der Waals surface area contributed by atoms with E-state index in [1.54, 1.807) is 0 Å². The molecule has 1 N–H and O–H groups in total. The van der Waals surface area contributed by atoms with Gasteiger partial charge in [-0.2, -0.15) is 0 Å². The summed E-state index contributed by atoms with van der Waals surface area (Å²) in [4.78, 5) is 0. The van der Waals surface area contributed by atoms with Crippen molar-refractivity contribution in [1.29, 1.82) is 0 Å². The van der Waals surface area contributed by atoms with Gasteiger partial charge in [-0.25, -0.2) is 0 Å². The summed E-state index contributed by atoms with van der Waals surface area (Å²) >= 11 is 0. The molecular formula is C18H23NO. The molecule has 2 rings (SSSR count). The van der Waals surface area contributed by atoms with E-state index in [0.29, 0.717) is 6.04 Å². The molecule has 0 fully saturated rings.